The fraction of sp³-hybridized carbons (Fsp3) is 0.444. The highest BCUT2D eigenvalue weighted by molar-refractivity contribution is 9.10. The van der Waals surface area contributed by atoms with Gasteiger partial charge in [-0.3, -0.25) is 0 Å². The summed E-state index contributed by atoms with van der Waals surface area (Å²) in [6.45, 7) is 5.78. The maximum atomic E-state index is 5.81. The zero-order valence-corrected chi connectivity index (χ0v) is 11.4. The van der Waals surface area contributed by atoms with E-state index in [9.17, 15) is 0 Å². The number of fused-ring (bicyclic) bond motifs is 1. The lowest BCUT2D eigenvalue weighted by Crippen LogP contribution is -2.24. The minimum Gasteiger partial charge on any atom is -0.469 e. The third-order valence-electron chi connectivity index (χ3n) is 1.67. The van der Waals surface area contributed by atoms with Crippen LogP contribution in [0.25, 0.3) is 5.65 Å². The summed E-state index contributed by atoms with van der Waals surface area (Å²) < 4.78 is 7.91. The summed E-state index contributed by atoms with van der Waals surface area (Å²) in [5.74, 6) is 0.373. The monoisotopic (exact) mass is 304 g/mol. The lowest BCUT2D eigenvalue weighted by atomic mass is 10.2. The van der Waals surface area contributed by atoms with Gasteiger partial charge in [0.15, 0.2) is 0 Å². The van der Waals surface area contributed by atoms with Crippen LogP contribution in [0.4, 0.5) is 0 Å². The van der Waals surface area contributed by atoms with Crippen LogP contribution < -0.4 is 4.74 Å². The van der Waals surface area contributed by atoms with Gasteiger partial charge in [-0.15, -0.1) is 5.10 Å². The molecular weight excluding hydrogens is 295 g/mol. The van der Waals surface area contributed by atoms with E-state index in [4.69, 9.17) is 16.3 Å². The molecule has 2 aromatic heterocycles. The average Bonchev–Trinajstić information content (AvgIpc) is 2.45. The molecule has 5 nitrogen and oxygen atoms in total. The van der Waals surface area contributed by atoms with Gasteiger partial charge in [0.05, 0.1) is 6.20 Å². The number of aromatic nitrogens is 4. The van der Waals surface area contributed by atoms with E-state index in [0.29, 0.717) is 16.1 Å². The van der Waals surface area contributed by atoms with E-state index in [0.717, 1.165) is 0 Å². The Kier molecular flexibility index (Phi) is 2.79. The van der Waals surface area contributed by atoms with Crippen LogP contribution >= 0.6 is 27.5 Å². The van der Waals surface area contributed by atoms with Crippen molar-refractivity contribution in [3.05, 3.63) is 16.1 Å². The standard InChI is InChI=1S/C9H10BrClN4O/c1-9(2,3)16-7-6-12-4-5(10)15(6)14-8(11)13-7/h4H,1-3H3. The first-order valence-electron chi connectivity index (χ1n) is 4.62. The molecule has 2 heterocycles. The van der Waals surface area contributed by atoms with Gasteiger partial charge in [0.25, 0.3) is 5.88 Å². The van der Waals surface area contributed by atoms with Crippen molar-refractivity contribution in [1.82, 2.24) is 19.6 Å². The molecule has 0 aliphatic rings. The molecule has 0 amide bonds. The molecule has 0 spiro atoms. The average molecular weight is 306 g/mol. The van der Waals surface area contributed by atoms with E-state index >= 15 is 0 Å². The summed E-state index contributed by atoms with van der Waals surface area (Å²) in [5, 5.41) is 4.12. The molecular formula is C9H10BrClN4O. The highest BCUT2D eigenvalue weighted by Gasteiger charge is 2.18. The van der Waals surface area contributed by atoms with E-state index < -0.39 is 0 Å². The first-order valence-corrected chi connectivity index (χ1v) is 5.80. The minimum absolute atomic E-state index is 0.116. The van der Waals surface area contributed by atoms with Crippen molar-refractivity contribution in [2.45, 2.75) is 26.4 Å². The SMILES string of the molecule is CC(C)(C)Oc1nc(Cl)nn2c(Br)cnc12. The lowest BCUT2D eigenvalue weighted by molar-refractivity contribution is 0.125. The number of rotatable bonds is 1. The predicted octanol–water partition coefficient (Wildman–Crippen LogP) is 2.72. The molecule has 0 N–H and O–H groups in total. The van der Waals surface area contributed by atoms with Crippen molar-refractivity contribution in [3.8, 4) is 5.88 Å². The highest BCUT2D eigenvalue weighted by atomic mass is 79.9. The molecule has 0 radical (unpaired) electrons. The second-order valence-electron chi connectivity index (χ2n) is 4.22. The normalized spacial score (nSPS) is 12.1. The molecule has 2 aromatic rings. The van der Waals surface area contributed by atoms with Crippen LogP contribution in [0.15, 0.2) is 10.8 Å². The van der Waals surface area contributed by atoms with Gasteiger partial charge in [-0.1, -0.05) is 0 Å². The van der Waals surface area contributed by atoms with Gasteiger partial charge in [-0.25, -0.2) is 4.98 Å². The zero-order chi connectivity index (χ0) is 11.9. The molecule has 7 heteroatoms. The molecule has 0 atom stereocenters. The lowest BCUT2D eigenvalue weighted by Gasteiger charge is -2.20. The number of nitrogens with zero attached hydrogens (tertiary/aromatic N) is 4. The Labute approximate surface area is 106 Å². The van der Waals surface area contributed by atoms with Crippen LogP contribution in [0.2, 0.25) is 5.28 Å². The fourth-order valence-corrected chi connectivity index (χ4v) is 1.67. The van der Waals surface area contributed by atoms with Crippen LogP contribution in [-0.2, 0) is 0 Å². The number of halogens is 2. The van der Waals surface area contributed by atoms with Crippen molar-refractivity contribution >= 4 is 33.2 Å². The Balaban J connectivity index is 2.60. The largest absolute Gasteiger partial charge is 0.469 e. The summed E-state index contributed by atoms with van der Waals surface area (Å²) in [4.78, 5) is 8.18. The third-order valence-corrected chi connectivity index (χ3v) is 2.37. The van der Waals surface area contributed by atoms with Gasteiger partial charge in [-0.05, 0) is 48.3 Å². The van der Waals surface area contributed by atoms with Crippen molar-refractivity contribution in [2.75, 3.05) is 0 Å². The Morgan fingerprint density at radius 2 is 2.12 bits per heavy atom. The van der Waals surface area contributed by atoms with Crippen LogP contribution in [0, 0.1) is 0 Å². The third kappa shape index (κ3) is 2.27. The molecule has 0 saturated carbocycles. The summed E-state index contributed by atoms with van der Waals surface area (Å²) >= 11 is 9.12. The first kappa shape index (κ1) is 11.6. The molecule has 16 heavy (non-hydrogen) atoms. The fourth-order valence-electron chi connectivity index (χ4n) is 1.16. The van der Waals surface area contributed by atoms with Crippen LogP contribution in [-0.4, -0.2) is 25.2 Å². The predicted molar refractivity (Wildman–Crippen MR) is 63.9 cm³/mol. The summed E-state index contributed by atoms with van der Waals surface area (Å²) in [6.07, 6.45) is 1.62. The summed E-state index contributed by atoms with van der Waals surface area (Å²) in [5.41, 5.74) is 0.169. The molecule has 0 fully saturated rings. The molecule has 2 rings (SSSR count). The Morgan fingerprint density at radius 1 is 1.44 bits per heavy atom. The maximum absolute atomic E-state index is 5.81. The Hall–Kier alpha value is -0.880. The van der Waals surface area contributed by atoms with E-state index in [2.05, 4.69) is 31.0 Å². The van der Waals surface area contributed by atoms with Gasteiger partial charge in [0.2, 0.25) is 10.9 Å². The molecule has 86 valence electrons. The van der Waals surface area contributed by atoms with Crippen LogP contribution in [0.5, 0.6) is 5.88 Å². The molecule has 0 unspecified atom stereocenters. The molecule has 0 aromatic carbocycles. The molecule has 0 bridgehead atoms. The van der Waals surface area contributed by atoms with E-state index in [1.165, 1.54) is 4.52 Å². The number of hydrogen-bond acceptors (Lipinski definition) is 4. The molecule has 0 aliphatic heterocycles. The van der Waals surface area contributed by atoms with Gasteiger partial charge in [0.1, 0.15) is 10.2 Å². The van der Waals surface area contributed by atoms with Crippen LogP contribution in [0.1, 0.15) is 20.8 Å². The van der Waals surface area contributed by atoms with E-state index in [1.54, 1.807) is 6.20 Å². The van der Waals surface area contributed by atoms with Gasteiger partial charge < -0.3 is 4.74 Å². The second kappa shape index (κ2) is 3.85. The van der Waals surface area contributed by atoms with E-state index in [1.807, 2.05) is 20.8 Å². The van der Waals surface area contributed by atoms with Gasteiger partial charge >= 0.3 is 0 Å². The number of imidazole rings is 1. The smallest absolute Gasteiger partial charge is 0.263 e. The van der Waals surface area contributed by atoms with Gasteiger partial charge in [-0.2, -0.15) is 9.50 Å². The van der Waals surface area contributed by atoms with Crippen molar-refractivity contribution in [3.63, 3.8) is 0 Å². The summed E-state index contributed by atoms with van der Waals surface area (Å²) in [6, 6.07) is 0. The minimum atomic E-state index is -0.364. The Bertz CT molecular complexity index is 534. The highest BCUT2D eigenvalue weighted by Crippen LogP contribution is 2.24. The van der Waals surface area contributed by atoms with Gasteiger partial charge in [0, 0.05) is 0 Å². The van der Waals surface area contributed by atoms with Crippen molar-refractivity contribution in [1.29, 1.82) is 0 Å². The first-order chi connectivity index (χ1) is 7.37. The molecule has 0 saturated heterocycles. The summed E-state index contributed by atoms with van der Waals surface area (Å²) in [7, 11) is 0. The van der Waals surface area contributed by atoms with Crippen LogP contribution in [0.3, 0.4) is 0 Å². The Morgan fingerprint density at radius 3 is 2.75 bits per heavy atom. The maximum Gasteiger partial charge on any atom is 0.263 e. The second-order valence-corrected chi connectivity index (χ2v) is 5.37. The number of ether oxygens (including phenoxy) is 1. The van der Waals surface area contributed by atoms with Crippen molar-refractivity contribution in [2.24, 2.45) is 0 Å². The molecule has 0 aliphatic carbocycles. The zero-order valence-electron chi connectivity index (χ0n) is 9.03. The van der Waals surface area contributed by atoms with E-state index in [-0.39, 0.29) is 10.9 Å². The van der Waals surface area contributed by atoms with Crippen molar-refractivity contribution < 1.29 is 4.74 Å². The number of hydrogen-bond donors (Lipinski definition) is 0. The quantitative estimate of drug-likeness (QED) is 0.813. The topological polar surface area (TPSA) is 52.3 Å².